The van der Waals surface area contributed by atoms with Crippen LogP contribution in [-0.4, -0.2) is 23.0 Å². The molecule has 4 rings (SSSR count). The van der Waals surface area contributed by atoms with Crippen LogP contribution in [0.15, 0.2) is 60.2 Å². The lowest BCUT2D eigenvalue weighted by Crippen LogP contribution is -2.54. The second kappa shape index (κ2) is 9.16. The molecule has 1 aliphatic heterocycles. The third-order valence-electron chi connectivity index (χ3n) is 5.83. The predicted molar refractivity (Wildman–Crippen MR) is 136 cm³/mol. The first-order valence-electron chi connectivity index (χ1n) is 11.0. The predicted octanol–water partition coefficient (Wildman–Crippen LogP) is 5.47. The number of carbonyl (C=O) groups is 2. The number of anilines is 1. The minimum atomic E-state index is -0.519. The number of amides is 2. The van der Waals surface area contributed by atoms with Crippen molar-refractivity contribution < 1.29 is 14.3 Å². The van der Waals surface area contributed by atoms with E-state index in [9.17, 15) is 9.59 Å². The number of hydrogen-bond acceptors (Lipinski definition) is 4. The van der Waals surface area contributed by atoms with Crippen molar-refractivity contribution in [2.75, 3.05) is 4.90 Å². The lowest BCUT2D eigenvalue weighted by atomic mass is 9.99. The molecule has 1 fully saturated rings. The molecule has 5 nitrogen and oxygen atoms in total. The fourth-order valence-electron chi connectivity index (χ4n) is 3.81. The summed E-state index contributed by atoms with van der Waals surface area (Å²) in [6, 6.07) is 17.5. The van der Waals surface area contributed by atoms with E-state index in [-0.39, 0.29) is 16.8 Å². The summed E-state index contributed by atoms with van der Waals surface area (Å²) >= 11 is 5.38. The van der Waals surface area contributed by atoms with E-state index in [1.54, 1.807) is 6.08 Å². The zero-order valence-corrected chi connectivity index (χ0v) is 20.0. The van der Waals surface area contributed by atoms with Gasteiger partial charge in [-0.05, 0) is 79.5 Å². The molecule has 1 heterocycles. The van der Waals surface area contributed by atoms with Crippen molar-refractivity contribution in [1.82, 2.24) is 5.32 Å². The van der Waals surface area contributed by atoms with Gasteiger partial charge < -0.3 is 4.74 Å². The van der Waals surface area contributed by atoms with Crippen LogP contribution in [0.1, 0.15) is 37.0 Å². The van der Waals surface area contributed by atoms with E-state index in [1.165, 1.54) is 4.90 Å². The maximum Gasteiger partial charge on any atom is 0.270 e. The average Bonchev–Trinajstić information content (AvgIpc) is 2.79. The van der Waals surface area contributed by atoms with Gasteiger partial charge >= 0.3 is 0 Å². The van der Waals surface area contributed by atoms with Crippen LogP contribution in [0.2, 0.25) is 0 Å². The molecule has 0 spiro atoms. The average molecular weight is 459 g/mol. The fourth-order valence-corrected chi connectivity index (χ4v) is 4.08. The van der Waals surface area contributed by atoms with Gasteiger partial charge in [-0.25, -0.2) is 0 Å². The molecule has 0 radical (unpaired) electrons. The number of fused-ring (bicyclic) bond motifs is 1. The second-order valence-corrected chi connectivity index (χ2v) is 8.67. The smallest absolute Gasteiger partial charge is 0.270 e. The molecule has 33 heavy (non-hydrogen) atoms. The Bertz CT molecular complexity index is 1310. The van der Waals surface area contributed by atoms with Crippen molar-refractivity contribution in [3.05, 3.63) is 76.9 Å². The lowest BCUT2D eigenvalue weighted by Gasteiger charge is -2.30. The number of thiocarbonyl (C=S) groups is 1. The Hall–Kier alpha value is -3.51. The number of carbonyl (C=O) groups excluding carboxylic acids is 2. The first-order chi connectivity index (χ1) is 15.8. The first-order valence-corrected chi connectivity index (χ1v) is 11.4. The van der Waals surface area contributed by atoms with Gasteiger partial charge in [0.25, 0.3) is 11.8 Å². The number of nitrogens with one attached hydrogen (secondary N) is 1. The van der Waals surface area contributed by atoms with Gasteiger partial charge in [-0.2, -0.15) is 0 Å². The van der Waals surface area contributed by atoms with Crippen LogP contribution in [0.4, 0.5) is 5.69 Å². The number of benzene rings is 3. The molecule has 1 atom stereocenters. The molecule has 3 aromatic carbocycles. The normalized spacial score (nSPS) is 16.3. The molecule has 0 aliphatic carbocycles. The molecule has 6 heteroatoms. The Labute approximate surface area is 199 Å². The highest BCUT2D eigenvalue weighted by atomic mass is 32.1. The molecule has 168 valence electrons. The molecule has 2 amide bonds. The van der Waals surface area contributed by atoms with E-state index in [0.717, 1.165) is 28.3 Å². The summed E-state index contributed by atoms with van der Waals surface area (Å²) in [4.78, 5) is 27.9. The van der Waals surface area contributed by atoms with Crippen molar-refractivity contribution in [3.8, 4) is 5.75 Å². The maximum absolute atomic E-state index is 13.6. The molecular weight excluding hydrogens is 432 g/mol. The van der Waals surface area contributed by atoms with E-state index in [1.807, 2.05) is 82.3 Å². The van der Waals surface area contributed by atoms with Crippen molar-refractivity contribution in [2.24, 2.45) is 0 Å². The molecule has 0 aromatic heterocycles. The number of nitrogens with zero attached hydrogens (tertiary/aromatic N) is 1. The third-order valence-corrected chi connectivity index (χ3v) is 6.11. The Morgan fingerprint density at radius 1 is 1.09 bits per heavy atom. The van der Waals surface area contributed by atoms with Crippen LogP contribution in [0, 0.1) is 13.8 Å². The van der Waals surface area contributed by atoms with E-state index in [2.05, 4.69) is 5.32 Å². The number of ether oxygens (including phenoxy) is 1. The molecule has 3 aromatic rings. The SMILES string of the molecule is CC[C@H](C)Oc1ccc2ccccc2c1/C=C1\C(=O)NC(=S)N(c2cc(C)ccc2C)C1=O. The highest BCUT2D eigenvalue weighted by Gasteiger charge is 2.35. The largest absolute Gasteiger partial charge is 0.490 e. The number of aryl methyl sites for hydroxylation is 2. The first kappa shape index (κ1) is 22.7. The molecule has 1 saturated heterocycles. The van der Waals surface area contributed by atoms with Gasteiger partial charge in [0.2, 0.25) is 0 Å². The van der Waals surface area contributed by atoms with E-state index in [0.29, 0.717) is 17.0 Å². The van der Waals surface area contributed by atoms with Crippen LogP contribution in [0.3, 0.4) is 0 Å². The minimum Gasteiger partial charge on any atom is -0.490 e. The molecule has 1 N–H and O–H groups in total. The Morgan fingerprint density at radius 2 is 1.85 bits per heavy atom. The quantitative estimate of drug-likeness (QED) is 0.313. The summed E-state index contributed by atoms with van der Waals surface area (Å²) < 4.78 is 6.16. The van der Waals surface area contributed by atoms with E-state index < -0.39 is 11.8 Å². The Kier molecular flexibility index (Phi) is 6.29. The molecule has 0 unspecified atom stereocenters. The number of rotatable bonds is 5. The molecule has 0 bridgehead atoms. The summed E-state index contributed by atoms with van der Waals surface area (Å²) in [5, 5.41) is 4.65. The van der Waals surface area contributed by atoms with Crippen molar-refractivity contribution >= 4 is 51.7 Å². The number of hydrogen-bond donors (Lipinski definition) is 1. The summed E-state index contributed by atoms with van der Waals surface area (Å²) in [5.41, 5.74) is 3.24. The standard InChI is InChI=1S/C27H26N2O3S/c1-5-18(4)32-24-13-12-19-8-6-7-9-20(19)21(24)15-22-25(30)28-27(33)29(26(22)31)23-14-16(2)10-11-17(23)3/h6-15,18H,5H2,1-4H3,(H,28,30,33)/b22-15+/t18-/m0/s1. The van der Waals surface area contributed by atoms with Gasteiger partial charge in [-0.15, -0.1) is 0 Å². The van der Waals surface area contributed by atoms with Crippen LogP contribution in [-0.2, 0) is 9.59 Å². The van der Waals surface area contributed by atoms with Crippen molar-refractivity contribution in [2.45, 2.75) is 40.2 Å². The summed E-state index contributed by atoms with van der Waals surface area (Å²) in [5.74, 6) is -0.351. The monoisotopic (exact) mass is 458 g/mol. The maximum atomic E-state index is 13.6. The van der Waals surface area contributed by atoms with Gasteiger partial charge in [-0.3, -0.25) is 19.8 Å². The molecule has 1 aliphatic rings. The lowest BCUT2D eigenvalue weighted by molar-refractivity contribution is -0.122. The van der Waals surface area contributed by atoms with Crippen LogP contribution in [0.5, 0.6) is 5.75 Å². The van der Waals surface area contributed by atoms with Crippen molar-refractivity contribution in [1.29, 1.82) is 0 Å². The van der Waals surface area contributed by atoms with Crippen molar-refractivity contribution in [3.63, 3.8) is 0 Å². The van der Waals surface area contributed by atoms with E-state index >= 15 is 0 Å². The van der Waals surface area contributed by atoms with Crippen LogP contribution < -0.4 is 15.0 Å². The highest BCUT2D eigenvalue weighted by Crippen LogP contribution is 2.33. The third kappa shape index (κ3) is 4.39. The van der Waals surface area contributed by atoms with Gasteiger partial charge in [0.15, 0.2) is 5.11 Å². The van der Waals surface area contributed by atoms with Gasteiger partial charge in [0.1, 0.15) is 11.3 Å². The summed E-state index contributed by atoms with van der Waals surface area (Å²) in [6.07, 6.45) is 2.44. The van der Waals surface area contributed by atoms with Gasteiger partial charge in [0.05, 0.1) is 11.8 Å². The van der Waals surface area contributed by atoms with Gasteiger partial charge in [0, 0.05) is 5.56 Å². The topological polar surface area (TPSA) is 58.6 Å². The molecule has 0 saturated carbocycles. The summed E-state index contributed by atoms with van der Waals surface area (Å²) in [6.45, 7) is 7.90. The van der Waals surface area contributed by atoms with Crippen LogP contribution in [0.25, 0.3) is 16.8 Å². The summed E-state index contributed by atoms with van der Waals surface area (Å²) in [7, 11) is 0. The van der Waals surface area contributed by atoms with Crippen LogP contribution >= 0.6 is 12.2 Å². The zero-order chi connectivity index (χ0) is 23.7. The molecular formula is C27H26N2O3S. The fraction of sp³-hybridized carbons (Fsp3) is 0.222. The zero-order valence-electron chi connectivity index (χ0n) is 19.1. The Morgan fingerprint density at radius 3 is 2.61 bits per heavy atom. The second-order valence-electron chi connectivity index (χ2n) is 8.28. The van der Waals surface area contributed by atoms with E-state index in [4.69, 9.17) is 17.0 Å². The highest BCUT2D eigenvalue weighted by molar-refractivity contribution is 7.80. The van der Waals surface area contributed by atoms with Gasteiger partial charge in [-0.1, -0.05) is 49.4 Å². The Balaban J connectivity index is 1.88. The minimum absolute atomic E-state index is 0.00913.